The molecule has 0 unspecified atom stereocenters. The molecule has 0 aliphatic heterocycles. The van der Waals surface area contributed by atoms with Crippen LogP contribution in [0.25, 0.3) is 10.2 Å². The van der Waals surface area contributed by atoms with Crippen LogP contribution in [0.2, 0.25) is 0 Å². The van der Waals surface area contributed by atoms with E-state index in [1.165, 1.54) is 5.56 Å². The smallest absolute Gasteiger partial charge is 0.194 e. The van der Waals surface area contributed by atoms with Crippen LogP contribution in [0.4, 0.5) is 5.13 Å². The Labute approximate surface area is 91.9 Å². The monoisotopic (exact) mass is 220 g/mol. The standard InChI is InChI=1S/C10H12N4S/c1-6-3-4-7-8(5-6)15-10(13-7)14-9(11)12-2/h3-5H,1-2H3,(H3,11,12,13,14). The average Bonchev–Trinajstić information content (AvgIpc) is 2.59. The van der Waals surface area contributed by atoms with Crippen LogP contribution in [0.3, 0.4) is 0 Å². The molecule has 15 heavy (non-hydrogen) atoms. The van der Waals surface area contributed by atoms with E-state index in [9.17, 15) is 0 Å². The van der Waals surface area contributed by atoms with E-state index in [0.717, 1.165) is 15.3 Å². The fourth-order valence-electron chi connectivity index (χ4n) is 1.25. The number of guanidine groups is 1. The summed E-state index contributed by atoms with van der Waals surface area (Å²) < 4.78 is 1.15. The summed E-state index contributed by atoms with van der Waals surface area (Å²) in [4.78, 5) is 8.21. The van der Waals surface area contributed by atoms with Crippen LogP contribution in [0.15, 0.2) is 23.2 Å². The third kappa shape index (κ3) is 2.07. The van der Waals surface area contributed by atoms with E-state index in [-0.39, 0.29) is 0 Å². The van der Waals surface area contributed by atoms with Crippen molar-refractivity contribution in [1.29, 1.82) is 0 Å². The number of thiazole rings is 1. The molecule has 5 heteroatoms. The van der Waals surface area contributed by atoms with Crippen molar-refractivity contribution in [3.8, 4) is 0 Å². The minimum Gasteiger partial charge on any atom is -0.370 e. The lowest BCUT2D eigenvalue weighted by Crippen LogP contribution is -2.21. The number of nitrogens with two attached hydrogens (primary N) is 1. The second-order valence-corrected chi connectivity index (χ2v) is 4.25. The zero-order chi connectivity index (χ0) is 10.8. The predicted molar refractivity (Wildman–Crippen MR) is 65.5 cm³/mol. The van der Waals surface area contributed by atoms with Crippen molar-refractivity contribution in [3.05, 3.63) is 23.8 Å². The second-order valence-electron chi connectivity index (χ2n) is 3.22. The van der Waals surface area contributed by atoms with Gasteiger partial charge in [-0.2, -0.15) is 0 Å². The van der Waals surface area contributed by atoms with E-state index >= 15 is 0 Å². The molecule has 0 bridgehead atoms. The third-order valence-electron chi connectivity index (χ3n) is 2.02. The van der Waals surface area contributed by atoms with Crippen LogP contribution in [-0.4, -0.2) is 18.0 Å². The zero-order valence-electron chi connectivity index (χ0n) is 8.61. The molecule has 0 aliphatic carbocycles. The first kappa shape index (κ1) is 9.92. The summed E-state index contributed by atoms with van der Waals surface area (Å²) in [5, 5.41) is 3.71. The van der Waals surface area contributed by atoms with Gasteiger partial charge in [-0.25, -0.2) is 4.98 Å². The molecule has 0 atom stereocenters. The van der Waals surface area contributed by atoms with Gasteiger partial charge in [0.25, 0.3) is 0 Å². The average molecular weight is 220 g/mol. The molecule has 78 valence electrons. The van der Waals surface area contributed by atoms with Crippen molar-refractivity contribution in [2.24, 2.45) is 10.7 Å². The number of aromatic nitrogens is 1. The first-order chi connectivity index (χ1) is 7.19. The molecule has 2 aromatic rings. The lowest BCUT2D eigenvalue weighted by Gasteiger charge is -1.97. The molecule has 1 heterocycles. The minimum atomic E-state index is 0.380. The number of anilines is 1. The van der Waals surface area contributed by atoms with E-state index in [0.29, 0.717) is 5.96 Å². The highest BCUT2D eigenvalue weighted by Crippen LogP contribution is 2.26. The van der Waals surface area contributed by atoms with Crippen LogP contribution in [0.1, 0.15) is 5.56 Å². The summed E-state index contributed by atoms with van der Waals surface area (Å²) in [5.74, 6) is 0.380. The maximum Gasteiger partial charge on any atom is 0.194 e. The summed E-state index contributed by atoms with van der Waals surface area (Å²) in [6.07, 6.45) is 0. The topological polar surface area (TPSA) is 63.3 Å². The van der Waals surface area contributed by atoms with Gasteiger partial charge in [-0.1, -0.05) is 17.4 Å². The Balaban J connectivity index is 2.39. The molecule has 1 aromatic carbocycles. The van der Waals surface area contributed by atoms with Crippen molar-refractivity contribution in [3.63, 3.8) is 0 Å². The lowest BCUT2D eigenvalue weighted by atomic mass is 10.2. The van der Waals surface area contributed by atoms with Crippen LogP contribution < -0.4 is 11.1 Å². The lowest BCUT2D eigenvalue weighted by molar-refractivity contribution is 1.36. The number of rotatable bonds is 1. The van der Waals surface area contributed by atoms with Crippen LogP contribution in [-0.2, 0) is 0 Å². The van der Waals surface area contributed by atoms with Gasteiger partial charge in [0, 0.05) is 7.05 Å². The molecule has 0 aliphatic rings. The normalized spacial score (nSPS) is 12.0. The quantitative estimate of drug-likeness (QED) is 0.570. The molecule has 0 saturated heterocycles. The number of nitrogens with one attached hydrogen (secondary N) is 1. The molecular weight excluding hydrogens is 208 g/mol. The molecule has 0 spiro atoms. The summed E-state index contributed by atoms with van der Waals surface area (Å²) in [7, 11) is 1.64. The van der Waals surface area contributed by atoms with Gasteiger partial charge in [0.15, 0.2) is 11.1 Å². The Morgan fingerprint density at radius 3 is 3.07 bits per heavy atom. The number of nitrogens with zero attached hydrogens (tertiary/aromatic N) is 2. The van der Waals surface area contributed by atoms with E-state index in [4.69, 9.17) is 5.73 Å². The Kier molecular flexibility index (Phi) is 2.55. The number of aliphatic imine (C=N–C) groups is 1. The van der Waals surface area contributed by atoms with Crippen LogP contribution >= 0.6 is 11.3 Å². The molecule has 4 nitrogen and oxygen atoms in total. The summed E-state index contributed by atoms with van der Waals surface area (Å²) in [6.45, 7) is 2.06. The van der Waals surface area contributed by atoms with Gasteiger partial charge < -0.3 is 11.1 Å². The highest BCUT2D eigenvalue weighted by molar-refractivity contribution is 7.22. The van der Waals surface area contributed by atoms with Crippen LogP contribution in [0.5, 0.6) is 0 Å². The summed E-state index contributed by atoms with van der Waals surface area (Å²) in [6, 6.07) is 6.16. The Morgan fingerprint density at radius 1 is 1.53 bits per heavy atom. The van der Waals surface area contributed by atoms with Crippen molar-refractivity contribution in [1.82, 2.24) is 4.98 Å². The van der Waals surface area contributed by atoms with E-state index in [1.807, 2.05) is 12.1 Å². The first-order valence-corrected chi connectivity index (χ1v) is 5.37. The maximum atomic E-state index is 5.56. The number of hydrogen-bond donors (Lipinski definition) is 2. The highest BCUT2D eigenvalue weighted by Gasteiger charge is 2.03. The zero-order valence-corrected chi connectivity index (χ0v) is 9.43. The van der Waals surface area contributed by atoms with E-state index < -0.39 is 0 Å². The molecule has 0 amide bonds. The second kappa shape index (κ2) is 3.86. The largest absolute Gasteiger partial charge is 0.370 e. The number of hydrogen-bond acceptors (Lipinski definition) is 3. The molecular formula is C10H12N4S. The minimum absolute atomic E-state index is 0.380. The molecule has 0 radical (unpaired) electrons. The van der Waals surface area contributed by atoms with Gasteiger partial charge in [-0.05, 0) is 24.6 Å². The van der Waals surface area contributed by atoms with Crippen molar-refractivity contribution < 1.29 is 0 Å². The third-order valence-corrected chi connectivity index (χ3v) is 2.95. The SMILES string of the molecule is CN=C(N)Nc1nc2ccc(C)cc2s1. The van der Waals surface area contributed by atoms with Gasteiger partial charge in [0.1, 0.15) is 0 Å². The summed E-state index contributed by atoms with van der Waals surface area (Å²) >= 11 is 1.57. The molecule has 1 aromatic heterocycles. The van der Waals surface area contributed by atoms with E-state index in [1.54, 1.807) is 18.4 Å². The fraction of sp³-hybridized carbons (Fsp3) is 0.200. The number of fused-ring (bicyclic) bond motifs is 1. The van der Waals surface area contributed by atoms with Gasteiger partial charge in [-0.3, -0.25) is 4.99 Å². The van der Waals surface area contributed by atoms with Gasteiger partial charge in [0.05, 0.1) is 10.2 Å². The van der Waals surface area contributed by atoms with Crippen LogP contribution in [0, 0.1) is 6.92 Å². The number of aryl methyl sites for hydroxylation is 1. The number of benzene rings is 1. The first-order valence-electron chi connectivity index (χ1n) is 4.55. The summed E-state index contributed by atoms with van der Waals surface area (Å²) in [5.41, 5.74) is 7.78. The highest BCUT2D eigenvalue weighted by atomic mass is 32.1. The Morgan fingerprint density at radius 2 is 2.33 bits per heavy atom. The van der Waals surface area contributed by atoms with Crippen molar-refractivity contribution in [2.75, 3.05) is 12.4 Å². The molecule has 2 rings (SSSR count). The fourth-order valence-corrected chi connectivity index (χ4v) is 2.22. The van der Waals surface area contributed by atoms with Crippen molar-refractivity contribution in [2.45, 2.75) is 6.92 Å². The van der Waals surface area contributed by atoms with Gasteiger partial charge in [-0.15, -0.1) is 0 Å². The van der Waals surface area contributed by atoms with E-state index in [2.05, 4.69) is 28.3 Å². The molecule has 0 saturated carbocycles. The molecule has 0 fully saturated rings. The predicted octanol–water partition coefficient (Wildman–Crippen LogP) is 1.96. The maximum absolute atomic E-state index is 5.56. The van der Waals surface area contributed by atoms with Crippen molar-refractivity contribution >= 4 is 32.6 Å². The Bertz CT molecular complexity index is 515. The van der Waals surface area contributed by atoms with Gasteiger partial charge >= 0.3 is 0 Å². The Hall–Kier alpha value is -1.62. The van der Waals surface area contributed by atoms with Gasteiger partial charge in [0.2, 0.25) is 0 Å². The molecule has 3 N–H and O–H groups in total.